The van der Waals surface area contributed by atoms with Gasteiger partial charge in [-0.25, -0.2) is 4.98 Å². The van der Waals surface area contributed by atoms with Crippen molar-refractivity contribution in [2.75, 3.05) is 0 Å². The largest absolute Gasteiger partial charge is 0.449 e. The van der Waals surface area contributed by atoms with Crippen LogP contribution in [0.15, 0.2) is 29.6 Å². The number of H-pyrrole nitrogens is 1. The molecule has 2 amide bonds. The molecular formula is C21H20F3N4O2S. The number of carbonyl (C=O) groups excluding carboxylic acids is 2. The number of aromatic nitrogens is 2. The van der Waals surface area contributed by atoms with Gasteiger partial charge in [0.25, 0.3) is 5.91 Å². The number of thiophene rings is 1. The van der Waals surface area contributed by atoms with Crippen LogP contribution in [0.25, 0.3) is 11.0 Å². The average molecular weight is 449 g/mol. The predicted molar refractivity (Wildman–Crippen MR) is 109 cm³/mol. The van der Waals surface area contributed by atoms with Crippen LogP contribution in [0, 0.1) is 6.07 Å². The van der Waals surface area contributed by atoms with Gasteiger partial charge in [0.05, 0.1) is 11.1 Å². The molecular weight excluding hydrogens is 429 g/mol. The Morgan fingerprint density at radius 1 is 1.23 bits per heavy atom. The Hall–Kier alpha value is -2.88. The molecule has 0 saturated heterocycles. The van der Waals surface area contributed by atoms with Crippen molar-refractivity contribution in [1.82, 2.24) is 20.6 Å². The van der Waals surface area contributed by atoms with Crippen molar-refractivity contribution in [1.29, 1.82) is 0 Å². The van der Waals surface area contributed by atoms with Crippen LogP contribution >= 0.6 is 11.3 Å². The molecule has 1 aliphatic carbocycles. The maximum absolute atomic E-state index is 13.0. The van der Waals surface area contributed by atoms with Gasteiger partial charge in [0.15, 0.2) is 0 Å². The first-order valence-electron chi connectivity index (χ1n) is 9.95. The number of nitrogens with one attached hydrogen (secondary N) is 3. The summed E-state index contributed by atoms with van der Waals surface area (Å²) in [5.41, 5.74) is -0.239. The zero-order valence-electron chi connectivity index (χ0n) is 16.4. The van der Waals surface area contributed by atoms with E-state index in [2.05, 4.69) is 26.7 Å². The number of hydrogen-bond acceptors (Lipinski definition) is 4. The molecule has 3 N–H and O–H groups in total. The summed E-state index contributed by atoms with van der Waals surface area (Å²) >= 11 is 1.31. The first-order valence-corrected chi connectivity index (χ1v) is 10.8. The summed E-state index contributed by atoms with van der Waals surface area (Å²) in [4.78, 5) is 32.3. The molecule has 4 rings (SSSR count). The van der Waals surface area contributed by atoms with Crippen LogP contribution in [0.3, 0.4) is 0 Å². The molecule has 3 aromatic rings. The SMILES string of the molecule is O=C(NC(C(=O)NC1CCCCC1)c1cccs1)c1[c]ccc2[nH]c(C(F)(F)F)nc12. The number of nitrogens with zero attached hydrogens (tertiary/aromatic N) is 1. The molecule has 1 atom stereocenters. The van der Waals surface area contributed by atoms with Gasteiger partial charge < -0.3 is 15.6 Å². The minimum Gasteiger partial charge on any atom is -0.351 e. The number of halogens is 3. The number of aromatic amines is 1. The lowest BCUT2D eigenvalue weighted by molar-refractivity contribution is -0.144. The number of benzene rings is 1. The first-order chi connectivity index (χ1) is 14.8. The van der Waals surface area contributed by atoms with Crippen molar-refractivity contribution >= 4 is 34.2 Å². The van der Waals surface area contributed by atoms with E-state index in [0.717, 1.165) is 32.1 Å². The van der Waals surface area contributed by atoms with E-state index in [1.165, 1.54) is 23.5 Å². The first kappa shape index (κ1) is 21.4. The van der Waals surface area contributed by atoms with Gasteiger partial charge in [0.1, 0.15) is 11.6 Å². The van der Waals surface area contributed by atoms with Gasteiger partial charge >= 0.3 is 6.18 Å². The van der Waals surface area contributed by atoms with Crippen LogP contribution in [0.5, 0.6) is 0 Å². The number of alkyl halides is 3. The molecule has 163 valence electrons. The lowest BCUT2D eigenvalue weighted by atomic mass is 9.95. The zero-order valence-corrected chi connectivity index (χ0v) is 17.2. The fourth-order valence-electron chi connectivity index (χ4n) is 3.74. The van der Waals surface area contributed by atoms with Gasteiger partial charge in [0.2, 0.25) is 11.7 Å². The minimum absolute atomic E-state index is 0.0521. The van der Waals surface area contributed by atoms with Gasteiger partial charge in [-0.15, -0.1) is 11.3 Å². The number of carbonyl (C=O) groups is 2. The van der Waals surface area contributed by atoms with E-state index in [1.54, 1.807) is 17.5 Å². The Labute approximate surface area is 180 Å². The smallest absolute Gasteiger partial charge is 0.351 e. The van der Waals surface area contributed by atoms with Crippen molar-refractivity contribution in [3.63, 3.8) is 0 Å². The van der Waals surface area contributed by atoms with E-state index in [-0.39, 0.29) is 28.5 Å². The number of amides is 2. The van der Waals surface area contributed by atoms with E-state index < -0.39 is 23.9 Å². The Bertz CT molecular complexity index is 1070. The van der Waals surface area contributed by atoms with Crippen molar-refractivity contribution in [3.8, 4) is 0 Å². The van der Waals surface area contributed by atoms with E-state index in [1.807, 2.05) is 0 Å². The second kappa shape index (κ2) is 8.70. The number of imidazole rings is 1. The number of hydrogen-bond donors (Lipinski definition) is 3. The molecule has 2 aromatic heterocycles. The molecule has 1 radical (unpaired) electrons. The van der Waals surface area contributed by atoms with Crippen LogP contribution in [0.1, 0.15) is 59.2 Å². The molecule has 0 bridgehead atoms. The van der Waals surface area contributed by atoms with Gasteiger partial charge in [-0.1, -0.05) is 31.4 Å². The predicted octanol–water partition coefficient (Wildman–Crippen LogP) is 4.36. The maximum atomic E-state index is 13.0. The summed E-state index contributed by atoms with van der Waals surface area (Å²) < 4.78 is 39.1. The van der Waals surface area contributed by atoms with E-state index in [4.69, 9.17) is 0 Å². The highest BCUT2D eigenvalue weighted by atomic mass is 32.1. The van der Waals surface area contributed by atoms with Crippen molar-refractivity contribution < 1.29 is 22.8 Å². The summed E-state index contributed by atoms with van der Waals surface area (Å²) in [7, 11) is 0. The van der Waals surface area contributed by atoms with Crippen molar-refractivity contribution in [2.45, 2.75) is 50.4 Å². The fraction of sp³-hybridized carbons (Fsp3) is 0.381. The third-order valence-corrected chi connectivity index (χ3v) is 6.20. The van der Waals surface area contributed by atoms with E-state index in [9.17, 15) is 22.8 Å². The number of rotatable bonds is 5. The fourth-order valence-corrected chi connectivity index (χ4v) is 4.51. The third-order valence-electron chi connectivity index (χ3n) is 5.26. The highest BCUT2D eigenvalue weighted by Gasteiger charge is 2.35. The molecule has 6 nitrogen and oxygen atoms in total. The Morgan fingerprint density at radius 2 is 2.00 bits per heavy atom. The maximum Gasteiger partial charge on any atom is 0.449 e. The summed E-state index contributed by atoms with van der Waals surface area (Å²) in [5.74, 6) is -2.25. The van der Waals surface area contributed by atoms with Gasteiger partial charge in [0, 0.05) is 10.9 Å². The van der Waals surface area contributed by atoms with Crippen molar-refractivity contribution in [2.24, 2.45) is 0 Å². The second-order valence-corrected chi connectivity index (χ2v) is 8.44. The summed E-state index contributed by atoms with van der Waals surface area (Å²) in [5, 5.41) is 7.45. The standard InChI is InChI=1S/C21H20F3N4O2S/c22-21(23,24)20-26-14-9-4-8-13(16(14)28-20)18(29)27-17(15-10-5-11-31-15)19(30)25-12-6-2-1-3-7-12/h4-5,9-12,17H,1-3,6-7H2,(H,25,30)(H,26,28)(H,27,29). The Kier molecular flexibility index (Phi) is 5.99. The van der Waals surface area contributed by atoms with Gasteiger partial charge in [-0.2, -0.15) is 13.2 Å². The zero-order chi connectivity index (χ0) is 22.0. The van der Waals surface area contributed by atoms with Crippen molar-refractivity contribution in [3.05, 3.63) is 52.0 Å². The highest BCUT2D eigenvalue weighted by Crippen LogP contribution is 2.30. The van der Waals surface area contributed by atoms with Crippen LogP contribution in [-0.4, -0.2) is 27.8 Å². The monoisotopic (exact) mass is 449 g/mol. The third kappa shape index (κ3) is 4.73. The topological polar surface area (TPSA) is 86.9 Å². The molecule has 0 aliphatic heterocycles. The normalized spacial score (nSPS) is 16.2. The Balaban J connectivity index is 1.59. The Morgan fingerprint density at radius 3 is 2.68 bits per heavy atom. The van der Waals surface area contributed by atoms with Crippen LogP contribution in [0.2, 0.25) is 0 Å². The molecule has 1 aliphatic rings. The van der Waals surface area contributed by atoms with Crippen LogP contribution in [-0.2, 0) is 11.0 Å². The lowest BCUT2D eigenvalue weighted by Gasteiger charge is -2.25. The van der Waals surface area contributed by atoms with Crippen LogP contribution in [0.4, 0.5) is 13.2 Å². The molecule has 2 heterocycles. The highest BCUT2D eigenvalue weighted by molar-refractivity contribution is 7.10. The second-order valence-electron chi connectivity index (χ2n) is 7.46. The van der Waals surface area contributed by atoms with E-state index in [0.29, 0.717) is 4.88 Å². The summed E-state index contributed by atoms with van der Waals surface area (Å²) in [6.07, 6.45) is 0.319. The molecule has 1 unspecified atom stereocenters. The van der Waals surface area contributed by atoms with Gasteiger partial charge in [-0.3, -0.25) is 9.59 Å². The molecule has 1 saturated carbocycles. The molecule has 1 aromatic carbocycles. The van der Waals surface area contributed by atoms with Crippen LogP contribution < -0.4 is 10.6 Å². The number of fused-ring (bicyclic) bond motifs is 1. The summed E-state index contributed by atoms with van der Waals surface area (Å²) in [6, 6.07) is 7.96. The minimum atomic E-state index is -4.67. The molecule has 0 spiro atoms. The molecule has 31 heavy (non-hydrogen) atoms. The van der Waals surface area contributed by atoms with E-state index >= 15 is 0 Å². The summed E-state index contributed by atoms with van der Waals surface area (Å²) in [6.45, 7) is 0. The molecule has 1 fully saturated rings. The lowest BCUT2D eigenvalue weighted by Crippen LogP contribution is -2.44. The van der Waals surface area contributed by atoms with Gasteiger partial charge in [-0.05, 0) is 36.4 Å². The quantitative estimate of drug-likeness (QED) is 0.541. The average Bonchev–Trinajstić information content (AvgIpc) is 3.41. The molecule has 10 heteroatoms.